The summed E-state index contributed by atoms with van der Waals surface area (Å²) in [6, 6.07) is 1.18. The molecule has 1 aromatic heterocycles. The Labute approximate surface area is 147 Å². The maximum Gasteiger partial charge on any atom is 0.341 e. The van der Waals surface area contributed by atoms with Crippen molar-refractivity contribution < 1.29 is 27.1 Å². The van der Waals surface area contributed by atoms with Crippen molar-refractivity contribution in [1.82, 2.24) is 10.0 Å². The molecule has 1 atom stereocenters. The standard InChI is InChI=1S/C14H22N2O6S.ClH/c1-10-11(13(17)21-3)7-12(22-10)23(18,19)16-8-14(9-20-2)5-4-6-15-14;/h7,15-16H,4-6,8-9H2,1-3H3;1H. The molecule has 0 aliphatic carbocycles. The molecule has 8 nitrogen and oxygen atoms in total. The molecule has 1 saturated heterocycles. The highest BCUT2D eigenvalue weighted by molar-refractivity contribution is 7.89. The fraction of sp³-hybridized carbons (Fsp3) is 0.643. The van der Waals surface area contributed by atoms with Crippen molar-refractivity contribution in [3.8, 4) is 0 Å². The molecule has 0 saturated carbocycles. The summed E-state index contributed by atoms with van der Waals surface area (Å²) in [6.07, 6.45) is 1.77. The van der Waals surface area contributed by atoms with Crippen LogP contribution in [0.1, 0.15) is 29.0 Å². The molecule has 2 rings (SSSR count). The van der Waals surface area contributed by atoms with Crippen molar-refractivity contribution in [3.63, 3.8) is 0 Å². The van der Waals surface area contributed by atoms with Gasteiger partial charge in [-0.25, -0.2) is 17.9 Å². The lowest BCUT2D eigenvalue weighted by Gasteiger charge is -2.28. The van der Waals surface area contributed by atoms with E-state index in [1.54, 1.807) is 7.11 Å². The van der Waals surface area contributed by atoms with E-state index in [1.807, 2.05) is 0 Å². The largest absolute Gasteiger partial charge is 0.465 e. The number of sulfonamides is 1. The quantitative estimate of drug-likeness (QED) is 0.673. The van der Waals surface area contributed by atoms with Gasteiger partial charge in [-0.3, -0.25) is 0 Å². The maximum atomic E-state index is 12.4. The molecule has 1 aromatic rings. The first-order valence-corrected chi connectivity index (χ1v) is 8.74. The topological polar surface area (TPSA) is 107 Å². The number of methoxy groups -OCH3 is 2. The number of hydrogen-bond acceptors (Lipinski definition) is 7. The van der Waals surface area contributed by atoms with Gasteiger partial charge >= 0.3 is 5.97 Å². The molecule has 10 heteroatoms. The molecule has 1 fully saturated rings. The maximum absolute atomic E-state index is 12.4. The molecule has 1 unspecified atom stereocenters. The second kappa shape index (κ2) is 8.30. The van der Waals surface area contributed by atoms with Crippen LogP contribution in [0.3, 0.4) is 0 Å². The molecule has 138 valence electrons. The van der Waals surface area contributed by atoms with Crippen molar-refractivity contribution >= 4 is 28.4 Å². The van der Waals surface area contributed by atoms with Crippen LogP contribution in [-0.2, 0) is 19.5 Å². The molecule has 1 aliphatic rings. The zero-order chi connectivity index (χ0) is 17.1. The van der Waals surface area contributed by atoms with E-state index in [1.165, 1.54) is 20.1 Å². The molecule has 0 aromatic carbocycles. The van der Waals surface area contributed by atoms with Gasteiger partial charge in [0.1, 0.15) is 11.3 Å². The molecular weight excluding hydrogens is 360 g/mol. The second-order valence-corrected chi connectivity index (χ2v) is 7.29. The van der Waals surface area contributed by atoms with Crippen LogP contribution in [0.25, 0.3) is 0 Å². The van der Waals surface area contributed by atoms with Gasteiger partial charge in [0.25, 0.3) is 10.0 Å². The van der Waals surface area contributed by atoms with E-state index in [4.69, 9.17) is 9.15 Å². The Bertz CT molecular complexity index is 667. The SMILES string of the molecule is COCC1(CNS(=O)(=O)c2cc(C(=O)OC)c(C)o2)CCCN1.Cl. The van der Waals surface area contributed by atoms with E-state index < -0.39 is 21.5 Å². The zero-order valence-corrected chi connectivity index (χ0v) is 15.5. The molecule has 24 heavy (non-hydrogen) atoms. The van der Waals surface area contributed by atoms with Crippen molar-refractivity contribution in [1.29, 1.82) is 0 Å². The number of rotatable bonds is 7. The number of halogens is 1. The number of furan rings is 1. The fourth-order valence-electron chi connectivity index (χ4n) is 2.67. The number of nitrogens with one attached hydrogen (secondary N) is 2. The summed E-state index contributed by atoms with van der Waals surface area (Å²) >= 11 is 0. The molecule has 0 radical (unpaired) electrons. The Morgan fingerprint density at radius 2 is 2.17 bits per heavy atom. The van der Waals surface area contributed by atoms with E-state index in [0.29, 0.717) is 6.61 Å². The minimum atomic E-state index is -3.87. The molecule has 0 spiro atoms. The summed E-state index contributed by atoms with van der Waals surface area (Å²) in [6.45, 7) is 2.91. The number of carbonyl (C=O) groups excluding carboxylic acids is 1. The lowest BCUT2D eigenvalue weighted by atomic mass is 9.99. The first kappa shape index (κ1) is 20.9. The summed E-state index contributed by atoms with van der Waals surface area (Å²) in [5.41, 5.74) is -0.326. The fourth-order valence-corrected chi connectivity index (χ4v) is 3.79. The van der Waals surface area contributed by atoms with Crippen molar-refractivity contribution in [3.05, 3.63) is 17.4 Å². The smallest absolute Gasteiger partial charge is 0.341 e. The van der Waals surface area contributed by atoms with Gasteiger partial charge < -0.3 is 19.2 Å². The minimum Gasteiger partial charge on any atom is -0.465 e. The minimum absolute atomic E-state index is 0. The highest BCUT2D eigenvalue weighted by Crippen LogP contribution is 2.22. The van der Waals surface area contributed by atoms with Crippen LogP contribution in [0.15, 0.2) is 15.6 Å². The lowest BCUT2D eigenvalue weighted by Crippen LogP contribution is -2.52. The van der Waals surface area contributed by atoms with Crippen LogP contribution in [0.4, 0.5) is 0 Å². The lowest BCUT2D eigenvalue weighted by molar-refractivity contribution is 0.0598. The van der Waals surface area contributed by atoms with Crippen molar-refractivity contribution in [2.45, 2.75) is 30.4 Å². The van der Waals surface area contributed by atoms with Gasteiger partial charge in [-0.05, 0) is 26.3 Å². The summed E-state index contributed by atoms with van der Waals surface area (Å²) in [5, 5.41) is 2.98. The average molecular weight is 383 g/mol. The number of hydrogen-bond donors (Lipinski definition) is 2. The van der Waals surface area contributed by atoms with E-state index >= 15 is 0 Å². The number of esters is 1. The van der Waals surface area contributed by atoms with E-state index in [-0.39, 0.29) is 35.4 Å². The third-order valence-corrected chi connectivity index (χ3v) is 5.17. The average Bonchev–Trinajstić information content (AvgIpc) is 3.13. The Morgan fingerprint density at radius 1 is 1.46 bits per heavy atom. The monoisotopic (exact) mass is 382 g/mol. The zero-order valence-electron chi connectivity index (χ0n) is 13.9. The van der Waals surface area contributed by atoms with Crippen LogP contribution in [-0.4, -0.2) is 53.8 Å². The van der Waals surface area contributed by atoms with Crippen LogP contribution in [0, 0.1) is 6.92 Å². The summed E-state index contributed by atoms with van der Waals surface area (Å²) < 4.78 is 42.3. The van der Waals surface area contributed by atoms with Crippen LogP contribution >= 0.6 is 12.4 Å². The highest BCUT2D eigenvalue weighted by Gasteiger charge is 2.35. The van der Waals surface area contributed by atoms with Gasteiger partial charge in [-0.2, -0.15) is 0 Å². The summed E-state index contributed by atoms with van der Waals surface area (Å²) in [4.78, 5) is 11.6. The van der Waals surface area contributed by atoms with E-state index in [2.05, 4.69) is 14.8 Å². The number of ether oxygens (including phenoxy) is 2. The normalized spacial score (nSPS) is 20.6. The summed E-state index contributed by atoms with van der Waals surface area (Å²) in [5.74, 6) is -0.441. The molecule has 2 N–H and O–H groups in total. The first-order valence-electron chi connectivity index (χ1n) is 7.26. The van der Waals surface area contributed by atoms with Crippen molar-refractivity contribution in [2.75, 3.05) is 33.9 Å². The van der Waals surface area contributed by atoms with Gasteiger partial charge in [0.05, 0.1) is 19.3 Å². The van der Waals surface area contributed by atoms with Crippen LogP contribution in [0.5, 0.6) is 0 Å². The van der Waals surface area contributed by atoms with Crippen LogP contribution in [0.2, 0.25) is 0 Å². The van der Waals surface area contributed by atoms with Gasteiger partial charge in [0.2, 0.25) is 5.09 Å². The molecule has 0 bridgehead atoms. The first-order chi connectivity index (χ1) is 10.8. The molecule has 0 amide bonds. The number of aryl methyl sites for hydroxylation is 1. The third-order valence-electron chi connectivity index (χ3n) is 3.92. The number of carbonyl (C=O) groups is 1. The van der Waals surface area contributed by atoms with Crippen molar-refractivity contribution in [2.24, 2.45) is 0 Å². The van der Waals surface area contributed by atoms with Gasteiger partial charge in [-0.1, -0.05) is 0 Å². The van der Waals surface area contributed by atoms with Crippen LogP contribution < -0.4 is 10.0 Å². The molecular formula is C14H23ClN2O6S. The predicted octanol–water partition coefficient (Wildman–Crippen LogP) is 0.843. The van der Waals surface area contributed by atoms with E-state index in [0.717, 1.165) is 19.4 Å². The Hall–Kier alpha value is -1.13. The van der Waals surface area contributed by atoms with Gasteiger partial charge in [-0.15, -0.1) is 12.4 Å². The Morgan fingerprint density at radius 3 is 2.71 bits per heavy atom. The Balaban J connectivity index is 0.00000288. The molecule has 2 heterocycles. The second-order valence-electron chi connectivity index (χ2n) is 5.60. The third kappa shape index (κ3) is 4.48. The molecule has 1 aliphatic heterocycles. The predicted molar refractivity (Wildman–Crippen MR) is 89.1 cm³/mol. The highest BCUT2D eigenvalue weighted by atomic mass is 35.5. The van der Waals surface area contributed by atoms with Gasteiger partial charge in [0, 0.05) is 19.7 Å². The Kier molecular flexibility index (Phi) is 7.24. The van der Waals surface area contributed by atoms with Gasteiger partial charge in [0.15, 0.2) is 0 Å². The van der Waals surface area contributed by atoms with E-state index in [9.17, 15) is 13.2 Å². The summed E-state index contributed by atoms with van der Waals surface area (Å²) in [7, 11) is -1.07.